The van der Waals surface area contributed by atoms with Gasteiger partial charge in [0.2, 0.25) is 0 Å². The van der Waals surface area contributed by atoms with Crippen LogP contribution < -0.4 is 10.1 Å². The quantitative estimate of drug-likeness (QED) is 0.622. The molecule has 28 heavy (non-hydrogen) atoms. The zero-order valence-corrected chi connectivity index (χ0v) is 16.0. The second kappa shape index (κ2) is 9.04. The van der Waals surface area contributed by atoms with Crippen molar-refractivity contribution in [1.29, 1.82) is 0 Å². The lowest BCUT2D eigenvalue weighted by Crippen LogP contribution is -2.30. The molecule has 0 saturated heterocycles. The number of benzene rings is 3. The van der Waals surface area contributed by atoms with E-state index in [1.54, 1.807) is 31.2 Å². The van der Waals surface area contributed by atoms with Gasteiger partial charge in [-0.25, -0.2) is 0 Å². The summed E-state index contributed by atoms with van der Waals surface area (Å²) in [6, 6.07) is 20.8. The maximum absolute atomic E-state index is 12.3. The third-order valence-electron chi connectivity index (χ3n) is 4.27. The monoisotopic (exact) mass is 377 g/mol. The fraction of sp³-hybridized carbons (Fsp3) is 0.217. The maximum atomic E-state index is 12.3. The van der Waals surface area contributed by atoms with Crippen molar-refractivity contribution in [3.8, 4) is 5.75 Å². The lowest BCUT2D eigenvalue weighted by atomic mass is 10.1. The highest BCUT2D eigenvalue weighted by atomic mass is 16.5. The highest BCUT2D eigenvalue weighted by Gasteiger charge is 2.18. The van der Waals surface area contributed by atoms with Crippen LogP contribution in [0.4, 0.5) is 5.69 Å². The molecule has 1 N–H and O–H groups in total. The summed E-state index contributed by atoms with van der Waals surface area (Å²) in [5, 5.41) is 4.91. The number of amides is 1. The lowest BCUT2D eigenvalue weighted by molar-refractivity contribution is -0.152. The first-order valence-electron chi connectivity index (χ1n) is 9.26. The van der Waals surface area contributed by atoms with Crippen LogP contribution in [-0.2, 0) is 20.7 Å². The molecule has 3 aromatic rings. The molecule has 5 nitrogen and oxygen atoms in total. The molecule has 0 spiro atoms. The summed E-state index contributed by atoms with van der Waals surface area (Å²) in [4.78, 5) is 24.5. The molecule has 5 heteroatoms. The molecule has 0 aliphatic rings. The maximum Gasteiger partial charge on any atom is 0.311 e. The van der Waals surface area contributed by atoms with E-state index < -0.39 is 12.1 Å². The summed E-state index contributed by atoms with van der Waals surface area (Å²) in [5.41, 5.74) is 1.47. The van der Waals surface area contributed by atoms with Crippen LogP contribution in [0.25, 0.3) is 10.8 Å². The van der Waals surface area contributed by atoms with Crippen molar-refractivity contribution < 1.29 is 19.1 Å². The van der Waals surface area contributed by atoms with Gasteiger partial charge in [-0.1, -0.05) is 42.5 Å². The van der Waals surface area contributed by atoms with Crippen molar-refractivity contribution in [1.82, 2.24) is 0 Å². The van der Waals surface area contributed by atoms with Crippen LogP contribution in [0, 0.1) is 0 Å². The molecule has 3 rings (SSSR count). The number of rotatable bonds is 7. The normalized spacial score (nSPS) is 11.6. The number of ether oxygens (including phenoxy) is 2. The van der Waals surface area contributed by atoms with Crippen LogP contribution >= 0.6 is 0 Å². The molecule has 0 radical (unpaired) electrons. The SMILES string of the molecule is CCOc1ccc(NC(=O)C(C)OC(=O)Cc2ccc3ccccc3c2)cc1. The minimum absolute atomic E-state index is 0.117. The molecule has 1 amide bonds. The number of carbonyl (C=O) groups is 2. The van der Waals surface area contributed by atoms with Gasteiger partial charge in [0.15, 0.2) is 6.10 Å². The highest BCUT2D eigenvalue weighted by Crippen LogP contribution is 2.17. The molecule has 144 valence electrons. The van der Waals surface area contributed by atoms with E-state index in [0.717, 1.165) is 22.1 Å². The smallest absolute Gasteiger partial charge is 0.311 e. The van der Waals surface area contributed by atoms with E-state index in [-0.39, 0.29) is 12.3 Å². The Morgan fingerprint density at radius 3 is 2.39 bits per heavy atom. The number of hydrogen-bond acceptors (Lipinski definition) is 4. The number of carbonyl (C=O) groups excluding carboxylic acids is 2. The number of hydrogen-bond donors (Lipinski definition) is 1. The van der Waals surface area contributed by atoms with Crippen molar-refractivity contribution in [2.24, 2.45) is 0 Å². The van der Waals surface area contributed by atoms with Crippen molar-refractivity contribution in [2.75, 3.05) is 11.9 Å². The van der Waals surface area contributed by atoms with Crippen LogP contribution in [-0.4, -0.2) is 24.6 Å². The van der Waals surface area contributed by atoms with E-state index in [0.29, 0.717) is 12.3 Å². The summed E-state index contributed by atoms with van der Waals surface area (Å²) in [5.74, 6) is -0.0870. The predicted molar refractivity (Wildman–Crippen MR) is 109 cm³/mol. The average Bonchev–Trinajstić information content (AvgIpc) is 2.69. The molecular formula is C23H23NO4. The summed E-state index contributed by atoms with van der Waals surface area (Å²) in [6.45, 7) is 4.04. The van der Waals surface area contributed by atoms with E-state index in [1.807, 2.05) is 49.4 Å². The predicted octanol–water partition coefficient (Wildman–Crippen LogP) is 4.35. The van der Waals surface area contributed by atoms with Gasteiger partial charge in [0.25, 0.3) is 5.91 Å². The fourth-order valence-corrected chi connectivity index (χ4v) is 2.85. The first-order valence-corrected chi connectivity index (χ1v) is 9.26. The minimum atomic E-state index is -0.889. The Morgan fingerprint density at radius 2 is 1.68 bits per heavy atom. The first kappa shape index (κ1) is 19.4. The number of fused-ring (bicyclic) bond motifs is 1. The first-order chi connectivity index (χ1) is 13.5. The van der Waals surface area contributed by atoms with E-state index in [1.165, 1.54) is 0 Å². The standard InChI is InChI=1S/C23H23NO4/c1-3-27-21-12-10-20(11-13-21)24-23(26)16(2)28-22(25)15-17-8-9-18-6-4-5-7-19(18)14-17/h4-14,16H,3,15H2,1-2H3,(H,24,26). The third-order valence-corrected chi connectivity index (χ3v) is 4.27. The molecule has 0 aliphatic carbocycles. The highest BCUT2D eigenvalue weighted by molar-refractivity contribution is 5.95. The lowest BCUT2D eigenvalue weighted by Gasteiger charge is -2.14. The van der Waals surface area contributed by atoms with Crippen LogP contribution in [0.5, 0.6) is 5.75 Å². The average molecular weight is 377 g/mol. The van der Waals surface area contributed by atoms with Crippen LogP contribution in [0.1, 0.15) is 19.4 Å². The largest absolute Gasteiger partial charge is 0.494 e. The van der Waals surface area contributed by atoms with Gasteiger partial charge < -0.3 is 14.8 Å². The Bertz CT molecular complexity index is 966. The molecule has 0 saturated carbocycles. The van der Waals surface area contributed by atoms with Gasteiger partial charge in [0, 0.05) is 5.69 Å². The number of anilines is 1. The van der Waals surface area contributed by atoms with Gasteiger partial charge in [-0.3, -0.25) is 9.59 Å². The van der Waals surface area contributed by atoms with Crippen LogP contribution in [0.2, 0.25) is 0 Å². The molecule has 0 fully saturated rings. The topological polar surface area (TPSA) is 64.6 Å². The van der Waals surface area contributed by atoms with Gasteiger partial charge in [-0.15, -0.1) is 0 Å². The Kier molecular flexibility index (Phi) is 6.27. The van der Waals surface area contributed by atoms with Gasteiger partial charge in [-0.05, 0) is 54.4 Å². The van der Waals surface area contributed by atoms with E-state index in [4.69, 9.17) is 9.47 Å². The third kappa shape index (κ3) is 5.10. The number of esters is 1. The van der Waals surface area contributed by atoms with Crippen molar-refractivity contribution in [3.05, 3.63) is 72.3 Å². The number of nitrogens with one attached hydrogen (secondary N) is 1. The fourth-order valence-electron chi connectivity index (χ4n) is 2.85. The van der Waals surface area contributed by atoms with E-state index in [9.17, 15) is 9.59 Å². The van der Waals surface area contributed by atoms with Gasteiger partial charge in [0.05, 0.1) is 13.0 Å². The second-order valence-electron chi connectivity index (χ2n) is 6.44. The zero-order chi connectivity index (χ0) is 19.9. The van der Waals surface area contributed by atoms with Crippen molar-refractivity contribution >= 4 is 28.3 Å². The molecule has 1 unspecified atom stereocenters. The summed E-state index contributed by atoms with van der Waals surface area (Å²) in [6.07, 6.45) is -0.773. The van der Waals surface area contributed by atoms with E-state index in [2.05, 4.69) is 5.32 Å². The molecule has 0 bridgehead atoms. The molecular weight excluding hydrogens is 354 g/mol. The zero-order valence-electron chi connectivity index (χ0n) is 16.0. The summed E-state index contributed by atoms with van der Waals surface area (Å²) in [7, 11) is 0. The van der Waals surface area contributed by atoms with Gasteiger partial charge in [-0.2, -0.15) is 0 Å². The van der Waals surface area contributed by atoms with Crippen molar-refractivity contribution in [3.63, 3.8) is 0 Å². The molecule has 0 aromatic heterocycles. The van der Waals surface area contributed by atoms with E-state index >= 15 is 0 Å². The van der Waals surface area contributed by atoms with Gasteiger partial charge in [0.1, 0.15) is 5.75 Å². The summed E-state index contributed by atoms with van der Waals surface area (Å²) < 4.78 is 10.7. The van der Waals surface area contributed by atoms with Crippen molar-refractivity contribution in [2.45, 2.75) is 26.4 Å². The van der Waals surface area contributed by atoms with Crippen LogP contribution in [0.15, 0.2) is 66.7 Å². The summed E-state index contributed by atoms with van der Waals surface area (Å²) >= 11 is 0. The Balaban J connectivity index is 1.54. The molecule has 3 aromatic carbocycles. The molecule has 0 aliphatic heterocycles. The Morgan fingerprint density at radius 1 is 0.964 bits per heavy atom. The molecule has 0 heterocycles. The Labute approximate surface area is 164 Å². The van der Waals surface area contributed by atoms with Gasteiger partial charge >= 0.3 is 5.97 Å². The van der Waals surface area contributed by atoms with Crippen LogP contribution in [0.3, 0.4) is 0 Å². The second-order valence-corrected chi connectivity index (χ2v) is 6.44. The molecule has 1 atom stereocenters. The minimum Gasteiger partial charge on any atom is -0.494 e. The Hall–Kier alpha value is -3.34.